The van der Waals surface area contributed by atoms with Crippen LogP contribution in [0.1, 0.15) is 23.2 Å². The van der Waals surface area contributed by atoms with E-state index in [0.717, 1.165) is 0 Å². The Morgan fingerprint density at radius 1 is 1.05 bits per heavy atom. The van der Waals surface area contributed by atoms with Crippen molar-refractivity contribution < 1.29 is 41.2 Å². The number of nitrogens with zero attached hydrogens (tertiary/aromatic N) is 1. The summed E-state index contributed by atoms with van der Waals surface area (Å²) >= 11 is 0. The molecular formula is C11H12F5NO4Si. The van der Waals surface area contributed by atoms with Crippen molar-refractivity contribution in [1.29, 1.82) is 0 Å². The summed E-state index contributed by atoms with van der Waals surface area (Å²) in [6, 6.07) is -0.362. The van der Waals surface area contributed by atoms with Gasteiger partial charge in [0, 0.05) is 6.04 Å². The number of hydrogen-bond donors (Lipinski definition) is 3. The van der Waals surface area contributed by atoms with Crippen molar-refractivity contribution in [2.45, 2.75) is 18.9 Å². The molecule has 11 heteroatoms. The first-order valence-corrected chi connectivity index (χ1v) is 8.07. The molecule has 1 rings (SSSR count). The third-order valence-electron chi connectivity index (χ3n) is 2.67. The van der Waals surface area contributed by atoms with Gasteiger partial charge < -0.3 is 14.4 Å². The predicted octanol–water partition coefficient (Wildman–Crippen LogP) is 1.27. The van der Waals surface area contributed by atoms with Gasteiger partial charge in [-0.3, -0.25) is 4.79 Å². The second kappa shape index (κ2) is 7.13. The Morgan fingerprint density at radius 3 is 2.18 bits per heavy atom. The zero-order valence-electron chi connectivity index (χ0n) is 11.0. The molecule has 0 aliphatic heterocycles. The van der Waals surface area contributed by atoms with Crippen molar-refractivity contribution in [2.24, 2.45) is 0 Å². The number of carbonyl (C=O) groups is 1. The first kappa shape index (κ1) is 18.5. The molecule has 0 fully saturated rings. The minimum Gasteiger partial charge on any atom is -0.390 e. The van der Waals surface area contributed by atoms with Gasteiger partial charge in [-0.1, -0.05) is 4.48 Å². The fourth-order valence-electron chi connectivity index (χ4n) is 1.57. The first-order chi connectivity index (χ1) is 10.0. The average molecular weight is 345 g/mol. The lowest BCUT2D eigenvalue weighted by molar-refractivity contribution is 0.0182. The summed E-state index contributed by atoms with van der Waals surface area (Å²) in [5, 5.41) is -0.551. The molecule has 1 aromatic rings. The molecule has 0 saturated carbocycles. The van der Waals surface area contributed by atoms with E-state index in [9.17, 15) is 26.8 Å². The third kappa shape index (κ3) is 4.73. The van der Waals surface area contributed by atoms with Crippen LogP contribution in [0.25, 0.3) is 0 Å². The molecule has 0 aliphatic rings. The molecule has 0 aromatic heterocycles. The number of amides is 1. The minimum absolute atomic E-state index is 0.0375. The molecule has 0 radical (unpaired) electrons. The van der Waals surface area contributed by atoms with Gasteiger partial charge in [-0.25, -0.2) is 17.6 Å². The lowest BCUT2D eigenvalue weighted by atomic mass is 10.1. The number of carbonyl (C=O) groups excluding carboxylic acids is 1. The quantitative estimate of drug-likeness (QED) is 0.181. The van der Waals surface area contributed by atoms with E-state index in [2.05, 4.69) is 0 Å². The standard InChI is InChI=1S/C11H12F5NO4Si/c12-7-5-6(8(13)10(15)9(7)14)11(18)17(16)3-1-2-4-22(19,20)21/h5,19-21H,1-4H2. The van der Waals surface area contributed by atoms with Crippen molar-refractivity contribution in [3.63, 3.8) is 0 Å². The predicted molar refractivity (Wildman–Crippen MR) is 64.9 cm³/mol. The monoisotopic (exact) mass is 345 g/mol. The molecule has 5 nitrogen and oxygen atoms in total. The Hall–Kier alpha value is -1.56. The molecular weight excluding hydrogens is 333 g/mol. The van der Waals surface area contributed by atoms with E-state index in [1.54, 1.807) is 0 Å². The highest BCUT2D eigenvalue weighted by Gasteiger charge is 2.28. The highest BCUT2D eigenvalue weighted by Crippen LogP contribution is 2.20. The van der Waals surface area contributed by atoms with Crippen molar-refractivity contribution in [3.05, 3.63) is 34.9 Å². The lowest BCUT2D eigenvalue weighted by Crippen LogP contribution is -2.34. The van der Waals surface area contributed by atoms with Gasteiger partial charge in [-0.15, -0.1) is 0 Å². The Bertz CT molecular complexity index is 566. The maximum atomic E-state index is 13.4. The van der Waals surface area contributed by atoms with Gasteiger partial charge in [0.15, 0.2) is 23.3 Å². The maximum absolute atomic E-state index is 13.4. The van der Waals surface area contributed by atoms with Crippen molar-refractivity contribution >= 4 is 14.7 Å². The van der Waals surface area contributed by atoms with Crippen LogP contribution < -0.4 is 0 Å². The van der Waals surface area contributed by atoms with E-state index in [1.165, 1.54) is 0 Å². The molecule has 0 unspecified atom stereocenters. The van der Waals surface area contributed by atoms with E-state index in [1.807, 2.05) is 0 Å². The number of unbranched alkanes of at least 4 members (excludes halogenated alkanes) is 1. The highest BCUT2D eigenvalue weighted by atomic mass is 28.4. The second-order valence-corrected chi connectivity index (χ2v) is 6.52. The van der Waals surface area contributed by atoms with Crippen LogP contribution in [0.2, 0.25) is 6.04 Å². The summed E-state index contributed by atoms with van der Waals surface area (Å²) in [5.41, 5.74) is -1.31. The number of benzene rings is 1. The largest absolute Gasteiger partial charge is 0.492 e. The van der Waals surface area contributed by atoms with Crippen LogP contribution in [-0.4, -0.2) is 40.8 Å². The van der Waals surface area contributed by atoms with Crippen LogP contribution in [0.3, 0.4) is 0 Å². The highest BCUT2D eigenvalue weighted by molar-refractivity contribution is 6.56. The van der Waals surface area contributed by atoms with Gasteiger partial charge in [0.05, 0.1) is 12.1 Å². The van der Waals surface area contributed by atoms with Gasteiger partial charge >= 0.3 is 8.80 Å². The summed E-state index contributed by atoms with van der Waals surface area (Å²) in [4.78, 5) is 37.6. The van der Waals surface area contributed by atoms with Crippen LogP contribution in [0.15, 0.2) is 6.07 Å². The van der Waals surface area contributed by atoms with Crippen molar-refractivity contribution in [3.8, 4) is 0 Å². The maximum Gasteiger partial charge on any atom is 0.492 e. The number of hydrogen-bond acceptors (Lipinski definition) is 4. The summed E-state index contributed by atoms with van der Waals surface area (Å²) in [6.45, 7) is -0.649. The number of rotatable bonds is 6. The fourth-order valence-corrected chi connectivity index (χ4v) is 2.30. The fraction of sp³-hybridized carbons (Fsp3) is 0.364. The molecule has 0 bridgehead atoms. The summed E-state index contributed by atoms with van der Waals surface area (Å²) in [5.74, 6) is -9.91. The van der Waals surface area contributed by atoms with Gasteiger partial charge in [-0.05, 0) is 18.9 Å². The normalized spacial score (nSPS) is 11.6. The van der Waals surface area contributed by atoms with Crippen LogP contribution in [-0.2, 0) is 0 Å². The molecule has 0 spiro atoms. The summed E-state index contributed by atoms with van der Waals surface area (Å²) in [7, 11) is -4.28. The van der Waals surface area contributed by atoms with Gasteiger partial charge in [0.25, 0.3) is 5.91 Å². The smallest absolute Gasteiger partial charge is 0.390 e. The topological polar surface area (TPSA) is 81.0 Å². The molecule has 0 heterocycles. The van der Waals surface area contributed by atoms with Gasteiger partial charge in [0.1, 0.15) is 0 Å². The lowest BCUT2D eigenvalue weighted by Gasteiger charge is -2.14. The molecule has 22 heavy (non-hydrogen) atoms. The third-order valence-corrected chi connectivity index (χ3v) is 3.69. The van der Waals surface area contributed by atoms with Crippen molar-refractivity contribution in [2.75, 3.05) is 6.54 Å². The molecule has 124 valence electrons. The molecule has 0 aliphatic carbocycles. The zero-order chi connectivity index (χ0) is 17.1. The molecule has 1 aromatic carbocycles. The minimum atomic E-state index is -4.28. The average Bonchev–Trinajstić information content (AvgIpc) is 2.43. The van der Waals surface area contributed by atoms with Gasteiger partial charge in [0.2, 0.25) is 0 Å². The first-order valence-electron chi connectivity index (χ1n) is 6.02. The molecule has 0 atom stereocenters. The Morgan fingerprint density at radius 2 is 1.64 bits per heavy atom. The second-order valence-electron chi connectivity index (χ2n) is 4.47. The van der Waals surface area contributed by atoms with E-state index in [4.69, 9.17) is 14.4 Å². The Labute approximate surface area is 122 Å². The molecule has 0 saturated heterocycles. The zero-order valence-corrected chi connectivity index (χ0v) is 12.0. The van der Waals surface area contributed by atoms with Gasteiger partial charge in [-0.2, -0.15) is 5.12 Å². The van der Waals surface area contributed by atoms with E-state index >= 15 is 0 Å². The van der Waals surface area contributed by atoms with Crippen LogP contribution in [0, 0.1) is 23.3 Å². The van der Waals surface area contributed by atoms with E-state index in [-0.39, 0.29) is 18.9 Å². The Kier molecular flexibility index (Phi) is 5.99. The summed E-state index contributed by atoms with van der Waals surface area (Å²) in [6.07, 6.45) is -0.190. The molecule has 3 N–H and O–H groups in total. The van der Waals surface area contributed by atoms with Crippen LogP contribution in [0.4, 0.5) is 22.0 Å². The van der Waals surface area contributed by atoms with E-state index < -0.39 is 61.3 Å². The molecule has 1 amide bonds. The van der Waals surface area contributed by atoms with E-state index in [0.29, 0.717) is 0 Å². The van der Waals surface area contributed by atoms with Crippen LogP contribution >= 0.6 is 0 Å². The van der Waals surface area contributed by atoms with Crippen LogP contribution in [0.5, 0.6) is 0 Å². The van der Waals surface area contributed by atoms with Crippen molar-refractivity contribution in [1.82, 2.24) is 5.12 Å². The summed E-state index contributed by atoms with van der Waals surface area (Å²) < 4.78 is 65.4. The number of halogens is 5. The Balaban J connectivity index is 2.72. The SMILES string of the molecule is O=C(c1cc(F)c(F)c(F)c1F)N(F)CCCC[Si](O)(O)O.